The van der Waals surface area contributed by atoms with E-state index < -0.39 is 5.95 Å². The lowest BCUT2D eigenvalue weighted by molar-refractivity contribution is 0.440. The first kappa shape index (κ1) is 13.9. The summed E-state index contributed by atoms with van der Waals surface area (Å²) >= 11 is 0. The molecular formula is C14H23FN2. The van der Waals surface area contributed by atoms with E-state index in [4.69, 9.17) is 0 Å². The fourth-order valence-corrected chi connectivity index (χ4v) is 2.05. The Labute approximate surface area is 104 Å². The molecule has 0 amide bonds. The van der Waals surface area contributed by atoms with Crippen LogP contribution in [0.1, 0.15) is 40.5 Å². The smallest absolute Gasteiger partial charge is 0.214 e. The molecule has 0 aliphatic heterocycles. The molecule has 0 spiro atoms. The molecule has 1 rings (SSSR count). The number of pyridine rings is 1. The van der Waals surface area contributed by atoms with E-state index in [-0.39, 0.29) is 0 Å². The van der Waals surface area contributed by atoms with E-state index in [1.54, 1.807) is 6.07 Å². The third kappa shape index (κ3) is 5.66. The Hall–Kier alpha value is -1.12. The van der Waals surface area contributed by atoms with Crippen LogP contribution >= 0.6 is 0 Å². The van der Waals surface area contributed by atoms with Gasteiger partial charge in [0, 0.05) is 6.04 Å². The van der Waals surface area contributed by atoms with E-state index in [1.807, 2.05) is 6.07 Å². The lowest BCUT2D eigenvalue weighted by Gasteiger charge is -2.22. The highest BCUT2D eigenvalue weighted by Crippen LogP contribution is 2.17. The van der Waals surface area contributed by atoms with E-state index in [0.717, 1.165) is 12.8 Å². The molecule has 0 saturated carbocycles. The average Bonchev–Trinajstić information content (AvgIpc) is 2.14. The highest BCUT2D eigenvalue weighted by atomic mass is 19.1. The van der Waals surface area contributed by atoms with E-state index >= 15 is 0 Å². The minimum absolute atomic E-state index is 0.365. The Bertz CT molecular complexity index is 327. The van der Waals surface area contributed by atoms with Gasteiger partial charge in [-0.25, -0.2) is 4.98 Å². The van der Waals surface area contributed by atoms with Crippen molar-refractivity contribution >= 4 is 5.82 Å². The van der Waals surface area contributed by atoms with Crippen molar-refractivity contribution in [2.24, 2.45) is 11.8 Å². The second kappa shape index (κ2) is 6.58. The largest absolute Gasteiger partial charge is 0.367 e. The van der Waals surface area contributed by atoms with Crippen molar-refractivity contribution in [1.29, 1.82) is 0 Å². The molecule has 0 aliphatic rings. The van der Waals surface area contributed by atoms with Crippen molar-refractivity contribution in [2.45, 2.75) is 46.6 Å². The van der Waals surface area contributed by atoms with Crippen LogP contribution in [0, 0.1) is 17.8 Å². The highest BCUT2D eigenvalue weighted by Gasteiger charge is 2.13. The third-order valence-corrected chi connectivity index (χ3v) is 2.58. The van der Waals surface area contributed by atoms with Crippen LogP contribution in [0.4, 0.5) is 10.2 Å². The molecule has 0 atom stereocenters. The molecule has 1 N–H and O–H groups in total. The monoisotopic (exact) mass is 238 g/mol. The van der Waals surface area contributed by atoms with Gasteiger partial charge in [0.15, 0.2) is 0 Å². The molecule has 2 nitrogen and oxygen atoms in total. The first-order chi connectivity index (χ1) is 7.97. The molecule has 0 radical (unpaired) electrons. The van der Waals surface area contributed by atoms with Crippen LogP contribution in [0.3, 0.4) is 0 Å². The lowest BCUT2D eigenvalue weighted by atomic mass is 9.95. The molecular weight excluding hydrogens is 215 g/mol. The number of hydrogen-bond donors (Lipinski definition) is 1. The van der Waals surface area contributed by atoms with Gasteiger partial charge in [-0.1, -0.05) is 33.8 Å². The number of aromatic nitrogens is 1. The second-order valence-electron chi connectivity index (χ2n) is 5.45. The second-order valence-corrected chi connectivity index (χ2v) is 5.45. The lowest BCUT2D eigenvalue weighted by Crippen LogP contribution is -2.24. The molecule has 0 fully saturated rings. The average molecular weight is 238 g/mol. The maximum absolute atomic E-state index is 13.0. The Morgan fingerprint density at radius 3 is 2.18 bits per heavy atom. The summed E-state index contributed by atoms with van der Waals surface area (Å²) in [5, 5.41) is 3.33. The van der Waals surface area contributed by atoms with Crippen molar-refractivity contribution in [3.8, 4) is 0 Å². The van der Waals surface area contributed by atoms with Gasteiger partial charge in [-0.3, -0.25) is 0 Å². The number of anilines is 1. The van der Waals surface area contributed by atoms with Gasteiger partial charge in [-0.15, -0.1) is 0 Å². The highest BCUT2D eigenvalue weighted by molar-refractivity contribution is 5.34. The van der Waals surface area contributed by atoms with Gasteiger partial charge >= 0.3 is 0 Å². The standard InChI is InChI=1S/C14H23FN2/c1-10(2)8-12(9-11(3)4)16-14-7-5-6-13(15)17-14/h5-7,10-12H,8-9H2,1-4H3,(H,16,17). The van der Waals surface area contributed by atoms with Crippen LogP contribution in [0.25, 0.3) is 0 Å². The quantitative estimate of drug-likeness (QED) is 0.755. The Balaban J connectivity index is 2.64. The van der Waals surface area contributed by atoms with Crippen molar-refractivity contribution in [1.82, 2.24) is 4.98 Å². The van der Waals surface area contributed by atoms with Gasteiger partial charge in [-0.2, -0.15) is 4.39 Å². The summed E-state index contributed by atoms with van der Waals surface area (Å²) in [6.07, 6.45) is 2.16. The number of hydrogen-bond acceptors (Lipinski definition) is 2. The van der Waals surface area contributed by atoms with E-state index in [1.165, 1.54) is 6.07 Å². The van der Waals surface area contributed by atoms with Crippen LogP contribution in [0.15, 0.2) is 18.2 Å². The van der Waals surface area contributed by atoms with Crippen molar-refractivity contribution in [3.63, 3.8) is 0 Å². The molecule has 1 aromatic rings. The topological polar surface area (TPSA) is 24.9 Å². The van der Waals surface area contributed by atoms with E-state index in [0.29, 0.717) is 23.7 Å². The fraction of sp³-hybridized carbons (Fsp3) is 0.643. The molecule has 1 heterocycles. The predicted octanol–water partition coefficient (Wildman–Crippen LogP) is 4.09. The summed E-state index contributed by atoms with van der Waals surface area (Å²) < 4.78 is 13.0. The SMILES string of the molecule is CC(C)CC(CC(C)C)Nc1cccc(F)n1. The van der Waals surface area contributed by atoms with Crippen LogP contribution in [-0.4, -0.2) is 11.0 Å². The first-order valence-corrected chi connectivity index (χ1v) is 6.36. The molecule has 96 valence electrons. The van der Waals surface area contributed by atoms with Crippen LogP contribution in [0.5, 0.6) is 0 Å². The zero-order valence-corrected chi connectivity index (χ0v) is 11.2. The van der Waals surface area contributed by atoms with Gasteiger partial charge in [0.2, 0.25) is 5.95 Å². The van der Waals surface area contributed by atoms with E-state index in [9.17, 15) is 4.39 Å². The third-order valence-electron chi connectivity index (χ3n) is 2.58. The molecule has 17 heavy (non-hydrogen) atoms. The number of nitrogens with zero attached hydrogens (tertiary/aromatic N) is 1. The molecule has 0 aromatic carbocycles. The zero-order valence-electron chi connectivity index (χ0n) is 11.2. The minimum Gasteiger partial charge on any atom is -0.367 e. The number of halogens is 1. The van der Waals surface area contributed by atoms with E-state index in [2.05, 4.69) is 38.0 Å². The van der Waals surface area contributed by atoms with Crippen LogP contribution in [-0.2, 0) is 0 Å². The summed E-state index contributed by atoms with van der Waals surface area (Å²) in [5.41, 5.74) is 0. The Kier molecular flexibility index (Phi) is 5.39. The van der Waals surface area contributed by atoms with Crippen molar-refractivity contribution in [2.75, 3.05) is 5.32 Å². The summed E-state index contributed by atoms with van der Waals surface area (Å²) in [7, 11) is 0. The molecule has 0 bridgehead atoms. The number of nitrogens with one attached hydrogen (secondary N) is 1. The Morgan fingerprint density at radius 2 is 1.71 bits per heavy atom. The van der Waals surface area contributed by atoms with Gasteiger partial charge < -0.3 is 5.32 Å². The molecule has 0 saturated heterocycles. The number of rotatable bonds is 6. The Morgan fingerprint density at radius 1 is 1.12 bits per heavy atom. The predicted molar refractivity (Wildman–Crippen MR) is 70.5 cm³/mol. The maximum atomic E-state index is 13.0. The fourth-order valence-electron chi connectivity index (χ4n) is 2.05. The summed E-state index contributed by atoms with van der Waals surface area (Å²) in [4.78, 5) is 3.85. The van der Waals surface area contributed by atoms with Gasteiger partial charge in [0.25, 0.3) is 0 Å². The molecule has 0 aliphatic carbocycles. The van der Waals surface area contributed by atoms with Crippen LogP contribution < -0.4 is 5.32 Å². The first-order valence-electron chi connectivity index (χ1n) is 6.36. The minimum atomic E-state index is -0.428. The molecule has 3 heteroatoms. The van der Waals surface area contributed by atoms with Crippen molar-refractivity contribution < 1.29 is 4.39 Å². The molecule has 0 unspecified atom stereocenters. The summed E-state index contributed by atoms with van der Waals surface area (Å²) in [6, 6.07) is 5.23. The molecule has 1 aromatic heterocycles. The normalized spacial score (nSPS) is 11.5. The summed E-state index contributed by atoms with van der Waals surface area (Å²) in [6.45, 7) is 8.81. The van der Waals surface area contributed by atoms with Gasteiger partial charge in [0.05, 0.1) is 0 Å². The van der Waals surface area contributed by atoms with Crippen molar-refractivity contribution in [3.05, 3.63) is 24.1 Å². The van der Waals surface area contributed by atoms with Gasteiger partial charge in [0.1, 0.15) is 5.82 Å². The summed E-state index contributed by atoms with van der Waals surface area (Å²) in [5.74, 6) is 1.46. The maximum Gasteiger partial charge on any atom is 0.214 e. The zero-order chi connectivity index (χ0) is 12.8. The van der Waals surface area contributed by atoms with Gasteiger partial charge in [-0.05, 0) is 36.8 Å². The van der Waals surface area contributed by atoms with Crippen LogP contribution in [0.2, 0.25) is 0 Å².